The van der Waals surface area contributed by atoms with E-state index in [-0.39, 0.29) is 17.2 Å². The minimum atomic E-state index is -0.357. The lowest BCUT2D eigenvalue weighted by Crippen LogP contribution is -2.15. The summed E-state index contributed by atoms with van der Waals surface area (Å²) in [5.74, 6) is 1.34. The number of hydrazone groups is 1. The molecule has 0 amide bonds. The number of H-pyrrole nitrogens is 1. The van der Waals surface area contributed by atoms with Crippen molar-refractivity contribution in [2.24, 2.45) is 5.10 Å². The summed E-state index contributed by atoms with van der Waals surface area (Å²) < 4.78 is 10.9. The first kappa shape index (κ1) is 18.1. The van der Waals surface area contributed by atoms with Gasteiger partial charge in [0.2, 0.25) is 5.95 Å². The second-order valence-corrected chi connectivity index (χ2v) is 5.40. The number of methoxy groups -OCH3 is 1. The third-order valence-electron chi connectivity index (χ3n) is 3.63. The van der Waals surface area contributed by atoms with Crippen molar-refractivity contribution in [3.63, 3.8) is 0 Å². The molecule has 2 N–H and O–H groups in total. The number of aromatic amines is 1. The summed E-state index contributed by atoms with van der Waals surface area (Å²) in [6.07, 6.45) is 1.55. The highest BCUT2D eigenvalue weighted by Gasteiger charge is 2.09. The van der Waals surface area contributed by atoms with Gasteiger partial charge in [-0.05, 0) is 19.1 Å². The van der Waals surface area contributed by atoms with Crippen LogP contribution >= 0.6 is 0 Å². The van der Waals surface area contributed by atoms with Crippen LogP contribution in [0.1, 0.15) is 12.5 Å². The molecule has 8 nitrogen and oxygen atoms in total. The highest BCUT2D eigenvalue weighted by molar-refractivity contribution is 5.85. The minimum Gasteiger partial charge on any atom is -0.492 e. The van der Waals surface area contributed by atoms with Crippen LogP contribution in [-0.2, 0) is 0 Å². The third kappa shape index (κ3) is 4.30. The third-order valence-corrected chi connectivity index (χ3v) is 3.63. The van der Waals surface area contributed by atoms with E-state index in [0.29, 0.717) is 29.2 Å². The Morgan fingerprint density at radius 2 is 1.96 bits per heavy atom. The molecule has 8 heteroatoms. The van der Waals surface area contributed by atoms with Crippen LogP contribution in [-0.4, -0.2) is 35.1 Å². The average molecular weight is 365 g/mol. The highest BCUT2D eigenvalue weighted by atomic mass is 16.5. The molecule has 3 aromatic rings. The second kappa shape index (κ2) is 8.61. The standard InChI is InChI=1S/C19H19N5O3/c1-3-27-15-11-7-10-14(17(15)26-2)12-20-23-19-21-18(25)16(22-24-19)13-8-5-4-6-9-13/h4-12H,3H2,1-2H3,(H2,21,23,24,25)/b20-12+. The number of nitrogens with zero attached hydrogens (tertiary/aromatic N) is 3. The zero-order valence-electron chi connectivity index (χ0n) is 15.0. The quantitative estimate of drug-likeness (QED) is 0.493. The van der Waals surface area contributed by atoms with E-state index < -0.39 is 0 Å². The molecule has 0 bridgehead atoms. The molecule has 0 aliphatic heterocycles. The Morgan fingerprint density at radius 1 is 1.15 bits per heavy atom. The van der Waals surface area contributed by atoms with Crippen LogP contribution in [0.3, 0.4) is 0 Å². The van der Waals surface area contributed by atoms with E-state index in [1.807, 2.05) is 43.3 Å². The average Bonchev–Trinajstić information content (AvgIpc) is 2.69. The Labute approximate surface area is 155 Å². The fourth-order valence-electron chi connectivity index (χ4n) is 2.46. The number of para-hydroxylation sites is 1. The molecular formula is C19H19N5O3. The van der Waals surface area contributed by atoms with Gasteiger partial charge >= 0.3 is 0 Å². The topological polar surface area (TPSA) is 101 Å². The van der Waals surface area contributed by atoms with Crippen LogP contribution in [0.5, 0.6) is 11.5 Å². The Morgan fingerprint density at radius 3 is 2.67 bits per heavy atom. The highest BCUT2D eigenvalue weighted by Crippen LogP contribution is 2.29. The number of ether oxygens (including phenoxy) is 2. The van der Waals surface area contributed by atoms with Crippen molar-refractivity contribution in [3.05, 3.63) is 64.4 Å². The van der Waals surface area contributed by atoms with E-state index >= 15 is 0 Å². The Kier molecular flexibility index (Phi) is 5.78. The summed E-state index contributed by atoms with van der Waals surface area (Å²) in [6.45, 7) is 2.43. The lowest BCUT2D eigenvalue weighted by Gasteiger charge is -2.11. The first-order valence-electron chi connectivity index (χ1n) is 8.34. The van der Waals surface area contributed by atoms with Gasteiger partial charge in [0, 0.05) is 11.1 Å². The summed E-state index contributed by atoms with van der Waals surface area (Å²) >= 11 is 0. The van der Waals surface area contributed by atoms with Crippen LogP contribution in [0.2, 0.25) is 0 Å². The van der Waals surface area contributed by atoms with E-state index in [1.54, 1.807) is 25.5 Å². The number of aromatic nitrogens is 3. The smallest absolute Gasteiger partial charge is 0.279 e. The van der Waals surface area contributed by atoms with Crippen LogP contribution in [0.15, 0.2) is 58.4 Å². The van der Waals surface area contributed by atoms with Crippen molar-refractivity contribution in [1.29, 1.82) is 0 Å². The van der Waals surface area contributed by atoms with Gasteiger partial charge in [0.1, 0.15) is 0 Å². The van der Waals surface area contributed by atoms with E-state index in [0.717, 1.165) is 0 Å². The van der Waals surface area contributed by atoms with Crippen molar-refractivity contribution < 1.29 is 9.47 Å². The molecule has 0 atom stereocenters. The number of hydrogen-bond donors (Lipinski definition) is 2. The van der Waals surface area contributed by atoms with Crippen LogP contribution in [0, 0.1) is 0 Å². The molecule has 0 fully saturated rings. The SMILES string of the molecule is CCOc1cccc(/C=N/Nc2nnc(-c3ccccc3)c(=O)[nH]2)c1OC. The summed E-state index contributed by atoms with van der Waals surface area (Å²) in [6, 6.07) is 14.6. The second-order valence-electron chi connectivity index (χ2n) is 5.40. The normalized spacial score (nSPS) is 10.7. The van der Waals surface area contributed by atoms with Gasteiger partial charge in [-0.3, -0.25) is 9.78 Å². The van der Waals surface area contributed by atoms with E-state index in [4.69, 9.17) is 9.47 Å². The molecule has 0 saturated heterocycles. The predicted molar refractivity (Wildman–Crippen MR) is 103 cm³/mol. The molecule has 1 heterocycles. The molecule has 1 aromatic heterocycles. The van der Waals surface area contributed by atoms with Crippen LogP contribution in [0.4, 0.5) is 5.95 Å². The zero-order valence-corrected chi connectivity index (χ0v) is 15.0. The molecule has 138 valence electrons. The van der Waals surface area contributed by atoms with Gasteiger partial charge in [-0.15, -0.1) is 10.2 Å². The van der Waals surface area contributed by atoms with Gasteiger partial charge in [0.15, 0.2) is 17.2 Å². The van der Waals surface area contributed by atoms with E-state index in [9.17, 15) is 4.79 Å². The van der Waals surface area contributed by atoms with Crippen molar-refractivity contribution >= 4 is 12.2 Å². The van der Waals surface area contributed by atoms with Gasteiger partial charge in [0.25, 0.3) is 5.56 Å². The first-order chi connectivity index (χ1) is 13.2. The number of hydrogen-bond acceptors (Lipinski definition) is 7. The molecule has 0 aliphatic rings. The molecule has 3 rings (SSSR count). The van der Waals surface area contributed by atoms with Gasteiger partial charge in [-0.25, -0.2) is 5.43 Å². The van der Waals surface area contributed by atoms with E-state index in [2.05, 4.69) is 25.7 Å². The van der Waals surface area contributed by atoms with Crippen LogP contribution < -0.4 is 20.5 Å². The van der Waals surface area contributed by atoms with Crippen LogP contribution in [0.25, 0.3) is 11.3 Å². The van der Waals surface area contributed by atoms with Crippen molar-refractivity contribution in [3.8, 4) is 22.8 Å². The molecule has 27 heavy (non-hydrogen) atoms. The fraction of sp³-hybridized carbons (Fsp3) is 0.158. The van der Waals surface area contributed by atoms with Gasteiger partial charge in [-0.1, -0.05) is 36.4 Å². The zero-order chi connectivity index (χ0) is 19.1. The molecule has 0 saturated carbocycles. The molecule has 2 aromatic carbocycles. The van der Waals surface area contributed by atoms with Crippen molar-refractivity contribution in [2.45, 2.75) is 6.92 Å². The number of benzene rings is 2. The lowest BCUT2D eigenvalue weighted by atomic mass is 10.2. The predicted octanol–water partition coefficient (Wildman–Crippen LogP) is 2.69. The van der Waals surface area contributed by atoms with Gasteiger partial charge in [-0.2, -0.15) is 5.10 Å². The maximum absolute atomic E-state index is 12.2. The lowest BCUT2D eigenvalue weighted by molar-refractivity contribution is 0.311. The first-order valence-corrected chi connectivity index (χ1v) is 8.34. The fourth-order valence-corrected chi connectivity index (χ4v) is 2.46. The number of nitrogens with one attached hydrogen (secondary N) is 2. The molecular weight excluding hydrogens is 346 g/mol. The Bertz CT molecular complexity index is 986. The molecule has 0 radical (unpaired) electrons. The number of rotatable bonds is 7. The maximum Gasteiger partial charge on any atom is 0.279 e. The number of anilines is 1. The summed E-state index contributed by atoms with van der Waals surface area (Å²) in [5.41, 5.74) is 3.96. The largest absolute Gasteiger partial charge is 0.492 e. The van der Waals surface area contributed by atoms with Crippen molar-refractivity contribution in [2.75, 3.05) is 19.1 Å². The van der Waals surface area contributed by atoms with E-state index in [1.165, 1.54) is 0 Å². The maximum atomic E-state index is 12.2. The van der Waals surface area contributed by atoms with Gasteiger partial charge in [0.05, 0.1) is 19.9 Å². The monoisotopic (exact) mass is 365 g/mol. The van der Waals surface area contributed by atoms with Crippen molar-refractivity contribution in [1.82, 2.24) is 15.2 Å². The molecule has 0 aliphatic carbocycles. The summed E-state index contributed by atoms with van der Waals surface area (Å²) in [4.78, 5) is 14.8. The molecule has 0 spiro atoms. The molecule has 0 unspecified atom stereocenters. The van der Waals surface area contributed by atoms with Gasteiger partial charge < -0.3 is 9.47 Å². The minimum absolute atomic E-state index is 0.135. The Hall–Kier alpha value is -3.68. The summed E-state index contributed by atoms with van der Waals surface area (Å²) in [5, 5.41) is 12.0. The Balaban J connectivity index is 1.77. The summed E-state index contributed by atoms with van der Waals surface area (Å²) in [7, 11) is 1.56.